The number of nitrogens with one attached hydrogen (secondary N) is 1. The Bertz CT molecular complexity index is 1340. The molecule has 1 saturated heterocycles. The third-order valence-corrected chi connectivity index (χ3v) is 7.42. The highest BCUT2D eigenvalue weighted by Gasteiger charge is 2.30. The summed E-state index contributed by atoms with van der Waals surface area (Å²) in [5.74, 6) is 2.76. The molecule has 14 heteroatoms. The number of ether oxygens (including phenoxy) is 5. The van der Waals surface area contributed by atoms with E-state index in [9.17, 15) is 9.90 Å². The zero-order valence-electron chi connectivity index (χ0n) is 22.1. The summed E-state index contributed by atoms with van der Waals surface area (Å²) in [6, 6.07) is 3.82. The summed E-state index contributed by atoms with van der Waals surface area (Å²) in [5.41, 5.74) is 1.36. The Balaban J connectivity index is 1.54. The number of carboxylic acid groups (broad SMARTS) is 1. The van der Waals surface area contributed by atoms with Gasteiger partial charge in [-0.1, -0.05) is 11.3 Å². The quantitative estimate of drug-likeness (QED) is 0.398. The lowest BCUT2D eigenvalue weighted by Crippen LogP contribution is -2.39. The largest absolute Gasteiger partial charge is 0.493 e. The number of aromatic carboxylic acids is 1. The number of anilines is 4. The Morgan fingerprint density at radius 3 is 2.33 bits per heavy atom. The predicted octanol–water partition coefficient (Wildman–Crippen LogP) is 2.94. The summed E-state index contributed by atoms with van der Waals surface area (Å²) in [5, 5.41) is 12.9. The number of carboxylic acids is 1. The van der Waals surface area contributed by atoms with Crippen molar-refractivity contribution in [1.82, 2.24) is 15.0 Å². The van der Waals surface area contributed by atoms with Gasteiger partial charge in [0.2, 0.25) is 17.4 Å². The van der Waals surface area contributed by atoms with Crippen LogP contribution in [0.2, 0.25) is 0 Å². The van der Waals surface area contributed by atoms with Gasteiger partial charge in [0.05, 0.1) is 46.8 Å². The number of morpholine rings is 1. The third kappa shape index (κ3) is 5.43. The minimum Gasteiger partial charge on any atom is -0.493 e. The van der Waals surface area contributed by atoms with Crippen LogP contribution in [0, 0.1) is 6.92 Å². The molecule has 1 aromatic carbocycles. The number of benzene rings is 1. The third-order valence-electron chi connectivity index (χ3n) is 6.36. The topological polar surface area (TPSA) is 141 Å². The van der Waals surface area contributed by atoms with Crippen molar-refractivity contribution in [2.24, 2.45) is 0 Å². The molecular weight excluding hydrogens is 528 g/mol. The number of carbonyl (C=O) groups is 1. The SMILES string of the molecule is COc1cc(CN2CCOc3c(N4CCOCC4)nc(Nc4nc(C)c(C(=O)O)s4)nc32)cc(OC)c1OC. The van der Waals surface area contributed by atoms with Crippen LogP contribution >= 0.6 is 11.3 Å². The summed E-state index contributed by atoms with van der Waals surface area (Å²) in [7, 11) is 4.74. The van der Waals surface area contributed by atoms with Gasteiger partial charge in [-0.05, 0) is 24.6 Å². The number of aromatic nitrogens is 3. The second kappa shape index (κ2) is 11.4. The number of aryl methyl sites for hydroxylation is 1. The molecule has 5 rings (SSSR count). The molecule has 2 aliphatic rings. The van der Waals surface area contributed by atoms with Crippen molar-refractivity contribution in [2.45, 2.75) is 13.5 Å². The van der Waals surface area contributed by atoms with Crippen molar-refractivity contribution in [3.8, 4) is 23.0 Å². The van der Waals surface area contributed by atoms with Crippen molar-refractivity contribution in [3.05, 3.63) is 28.3 Å². The van der Waals surface area contributed by atoms with Gasteiger partial charge in [0, 0.05) is 19.6 Å². The van der Waals surface area contributed by atoms with Gasteiger partial charge in [-0.2, -0.15) is 9.97 Å². The number of fused-ring (bicyclic) bond motifs is 1. The van der Waals surface area contributed by atoms with Gasteiger partial charge in [-0.15, -0.1) is 0 Å². The van der Waals surface area contributed by atoms with E-state index in [2.05, 4.69) is 20.1 Å². The molecule has 208 valence electrons. The van der Waals surface area contributed by atoms with Crippen molar-refractivity contribution >= 4 is 40.0 Å². The van der Waals surface area contributed by atoms with Crippen LogP contribution in [0.15, 0.2) is 12.1 Å². The van der Waals surface area contributed by atoms with Crippen LogP contribution in [0.5, 0.6) is 23.0 Å². The molecule has 0 spiro atoms. The number of thiazole rings is 1. The van der Waals surface area contributed by atoms with Crippen molar-refractivity contribution in [3.63, 3.8) is 0 Å². The molecule has 39 heavy (non-hydrogen) atoms. The summed E-state index contributed by atoms with van der Waals surface area (Å²) in [6.45, 7) is 5.64. The fourth-order valence-electron chi connectivity index (χ4n) is 4.52. The van der Waals surface area contributed by atoms with Gasteiger partial charge in [-0.3, -0.25) is 5.32 Å². The number of methoxy groups -OCH3 is 3. The maximum absolute atomic E-state index is 11.5. The Hall–Kier alpha value is -4.04. The number of hydrogen-bond acceptors (Lipinski definition) is 13. The van der Waals surface area contributed by atoms with Crippen LogP contribution in [0.25, 0.3) is 0 Å². The number of nitrogens with zero attached hydrogens (tertiary/aromatic N) is 5. The van der Waals surface area contributed by atoms with Gasteiger partial charge in [0.25, 0.3) is 0 Å². The molecule has 13 nitrogen and oxygen atoms in total. The Labute approximate surface area is 229 Å². The van der Waals surface area contributed by atoms with E-state index < -0.39 is 5.97 Å². The first-order chi connectivity index (χ1) is 18.9. The first kappa shape index (κ1) is 26.6. The van der Waals surface area contributed by atoms with Crippen molar-refractivity contribution in [2.75, 3.05) is 75.9 Å². The van der Waals surface area contributed by atoms with Crippen LogP contribution in [0.1, 0.15) is 20.9 Å². The molecule has 2 aliphatic heterocycles. The van der Waals surface area contributed by atoms with E-state index in [1.54, 1.807) is 28.3 Å². The minimum absolute atomic E-state index is 0.163. The molecule has 0 atom stereocenters. The molecule has 3 aromatic rings. The van der Waals surface area contributed by atoms with Crippen LogP contribution in [-0.2, 0) is 11.3 Å². The fourth-order valence-corrected chi connectivity index (χ4v) is 5.32. The van der Waals surface area contributed by atoms with Crippen LogP contribution in [0.3, 0.4) is 0 Å². The highest BCUT2D eigenvalue weighted by Crippen LogP contribution is 2.42. The van der Waals surface area contributed by atoms with E-state index in [0.717, 1.165) is 16.9 Å². The molecule has 4 heterocycles. The number of hydrogen-bond donors (Lipinski definition) is 2. The maximum atomic E-state index is 11.5. The highest BCUT2D eigenvalue weighted by molar-refractivity contribution is 7.17. The molecular formula is C25H30N6O7S. The first-order valence-corrected chi connectivity index (χ1v) is 13.1. The van der Waals surface area contributed by atoms with Crippen molar-refractivity contribution < 1.29 is 33.6 Å². The molecule has 1 fully saturated rings. The lowest BCUT2D eigenvalue weighted by molar-refractivity contribution is 0.0701. The van der Waals surface area contributed by atoms with Crippen LogP contribution < -0.4 is 34.1 Å². The average molecular weight is 559 g/mol. The first-order valence-electron chi connectivity index (χ1n) is 12.3. The highest BCUT2D eigenvalue weighted by atomic mass is 32.1. The summed E-state index contributed by atoms with van der Waals surface area (Å²) in [6.07, 6.45) is 0. The lowest BCUT2D eigenvalue weighted by atomic mass is 10.1. The van der Waals surface area contributed by atoms with Crippen LogP contribution in [0.4, 0.5) is 22.7 Å². The zero-order chi connectivity index (χ0) is 27.5. The predicted molar refractivity (Wildman–Crippen MR) is 145 cm³/mol. The van der Waals surface area contributed by atoms with Crippen LogP contribution in [-0.4, -0.2) is 86.8 Å². The molecule has 0 bridgehead atoms. The molecule has 2 N–H and O–H groups in total. The number of rotatable bonds is 9. The van der Waals surface area contributed by atoms with Crippen molar-refractivity contribution in [1.29, 1.82) is 0 Å². The standard InChI is InChI=1S/C25H30N6O7S/c1-14-20(23(32)33)39-25(26-14)29-24-27-21(30-5-8-37-9-6-30)19-22(28-24)31(7-10-38-19)13-15-11-16(34-2)18(36-4)17(12-15)35-3/h11-12H,5-10,13H2,1-4H3,(H,32,33)(H,26,27,28,29). The van der Waals surface area contributed by atoms with Gasteiger partial charge < -0.3 is 38.6 Å². The van der Waals surface area contributed by atoms with E-state index in [0.29, 0.717) is 97.4 Å². The Morgan fingerprint density at radius 1 is 1.03 bits per heavy atom. The van der Waals surface area contributed by atoms with E-state index >= 15 is 0 Å². The summed E-state index contributed by atoms with van der Waals surface area (Å²) < 4.78 is 28.2. The van der Waals surface area contributed by atoms with E-state index in [1.165, 1.54) is 0 Å². The molecule has 0 amide bonds. The molecule has 2 aromatic heterocycles. The van der Waals surface area contributed by atoms with E-state index in [1.807, 2.05) is 12.1 Å². The minimum atomic E-state index is -1.02. The molecule has 0 radical (unpaired) electrons. The zero-order valence-corrected chi connectivity index (χ0v) is 23.0. The second-order valence-electron chi connectivity index (χ2n) is 8.79. The smallest absolute Gasteiger partial charge is 0.347 e. The van der Waals surface area contributed by atoms with E-state index in [-0.39, 0.29) is 4.88 Å². The maximum Gasteiger partial charge on any atom is 0.347 e. The normalized spacial score (nSPS) is 14.9. The molecule has 0 unspecified atom stereocenters. The molecule has 0 aliphatic carbocycles. The Kier molecular flexibility index (Phi) is 7.74. The second-order valence-corrected chi connectivity index (χ2v) is 9.79. The van der Waals surface area contributed by atoms with E-state index in [4.69, 9.17) is 33.7 Å². The monoisotopic (exact) mass is 558 g/mol. The summed E-state index contributed by atoms with van der Waals surface area (Å²) in [4.78, 5) is 29.8. The fraction of sp³-hybridized carbons (Fsp3) is 0.440. The van der Waals surface area contributed by atoms with Gasteiger partial charge >= 0.3 is 5.97 Å². The average Bonchev–Trinajstić information content (AvgIpc) is 3.32. The molecule has 0 saturated carbocycles. The summed E-state index contributed by atoms with van der Waals surface area (Å²) >= 11 is 1.04. The van der Waals surface area contributed by atoms with Gasteiger partial charge in [0.1, 0.15) is 11.5 Å². The van der Waals surface area contributed by atoms with Gasteiger partial charge in [0.15, 0.2) is 28.3 Å². The van der Waals surface area contributed by atoms with Gasteiger partial charge in [-0.25, -0.2) is 9.78 Å². The Morgan fingerprint density at radius 2 is 1.72 bits per heavy atom. The lowest BCUT2D eigenvalue weighted by Gasteiger charge is -2.35.